The summed E-state index contributed by atoms with van der Waals surface area (Å²) in [5, 5.41) is 0. The van der Waals surface area contributed by atoms with E-state index in [2.05, 4.69) is 19.9 Å². The van der Waals surface area contributed by atoms with Crippen LogP contribution in [0.3, 0.4) is 0 Å². The molecule has 0 aliphatic carbocycles. The van der Waals surface area contributed by atoms with Gasteiger partial charge in [-0.15, -0.1) is 0 Å². The first kappa shape index (κ1) is 14.9. The Morgan fingerprint density at radius 2 is 2.08 bits per heavy atom. The number of aromatic nitrogens is 4. The third kappa shape index (κ3) is 2.92. The summed E-state index contributed by atoms with van der Waals surface area (Å²) in [5.74, 6) is -0.0962. The maximum Gasteiger partial charge on any atom is 0.316 e. The number of hydrogen-bond donors (Lipinski definition) is 0. The van der Waals surface area contributed by atoms with E-state index in [4.69, 9.17) is 9.47 Å². The van der Waals surface area contributed by atoms with Gasteiger partial charge >= 0.3 is 6.01 Å². The SMILES string of the molecule is O=C(c1ccncn1)N1CC2(C[C@H](Oc3ncccn3)CCO2)C1. The molecule has 0 saturated carbocycles. The molecule has 8 nitrogen and oxygen atoms in total. The van der Waals surface area contributed by atoms with Crippen LogP contribution in [-0.4, -0.2) is 62.1 Å². The molecule has 2 aliphatic rings. The molecule has 8 heteroatoms. The summed E-state index contributed by atoms with van der Waals surface area (Å²) in [6, 6.07) is 3.75. The highest BCUT2D eigenvalue weighted by atomic mass is 16.5. The normalized spacial score (nSPS) is 22.0. The van der Waals surface area contributed by atoms with Crippen molar-refractivity contribution in [3.63, 3.8) is 0 Å². The predicted octanol–water partition coefficient (Wildman–Crippen LogP) is 0.719. The fourth-order valence-electron chi connectivity index (χ4n) is 3.17. The number of carbonyl (C=O) groups is 1. The molecule has 2 aromatic heterocycles. The van der Waals surface area contributed by atoms with Gasteiger partial charge in [-0.3, -0.25) is 4.79 Å². The molecule has 124 valence electrons. The molecule has 4 heterocycles. The van der Waals surface area contributed by atoms with Gasteiger partial charge in [0.25, 0.3) is 5.91 Å². The Kier molecular flexibility index (Phi) is 3.81. The van der Waals surface area contributed by atoms with Crippen LogP contribution in [0.25, 0.3) is 0 Å². The Bertz CT molecular complexity index is 706. The molecule has 2 aliphatic heterocycles. The number of amides is 1. The van der Waals surface area contributed by atoms with E-state index in [1.54, 1.807) is 35.6 Å². The lowest BCUT2D eigenvalue weighted by molar-refractivity contribution is -0.174. The van der Waals surface area contributed by atoms with Crippen molar-refractivity contribution in [3.8, 4) is 6.01 Å². The van der Waals surface area contributed by atoms with Gasteiger partial charge in [0.15, 0.2) is 0 Å². The van der Waals surface area contributed by atoms with Crippen LogP contribution in [0, 0.1) is 0 Å². The van der Waals surface area contributed by atoms with Crippen molar-refractivity contribution in [1.82, 2.24) is 24.8 Å². The average Bonchev–Trinajstić information content (AvgIpc) is 2.61. The van der Waals surface area contributed by atoms with E-state index in [-0.39, 0.29) is 17.6 Å². The second kappa shape index (κ2) is 6.12. The van der Waals surface area contributed by atoms with E-state index in [0.717, 1.165) is 12.8 Å². The first-order valence-corrected chi connectivity index (χ1v) is 7.87. The Hall–Kier alpha value is -2.61. The minimum Gasteiger partial charge on any atom is -0.460 e. The van der Waals surface area contributed by atoms with Gasteiger partial charge in [-0.05, 0) is 12.1 Å². The number of carbonyl (C=O) groups excluding carboxylic acids is 1. The van der Waals surface area contributed by atoms with Gasteiger partial charge < -0.3 is 14.4 Å². The predicted molar refractivity (Wildman–Crippen MR) is 82.3 cm³/mol. The van der Waals surface area contributed by atoms with Crippen LogP contribution in [0.4, 0.5) is 0 Å². The van der Waals surface area contributed by atoms with Crippen LogP contribution in [0.2, 0.25) is 0 Å². The molecular formula is C16H17N5O3. The molecule has 2 saturated heterocycles. The van der Waals surface area contributed by atoms with E-state index in [1.807, 2.05) is 0 Å². The summed E-state index contributed by atoms with van der Waals surface area (Å²) in [6.07, 6.45) is 7.77. The Balaban J connectivity index is 1.36. The Morgan fingerprint density at radius 1 is 1.25 bits per heavy atom. The molecule has 4 rings (SSSR count). The van der Waals surface area contributed by atoms with E-state index in [0.29, 0.717) is 31.4 Å². The molecule has 2 aromatic rings. The minimum atomic E-state index is -0.333. The second-order valence-corrected chi connectivity index (χ2v) is 6.05. The van der Waals surface area contributed by atoms with Gasteiger partial charge in [0.05, 0.1) is 19.7 Å². The molecule has 0 unspecified atom stereocenters. The maximum atomic E-state index is 12.4. The van der Waals surface area contributed by atoms with Crippen molar-refractivity contribution in [1.29, 1.82) is 0 Å². The summed E-state index contributed by atoms with van der Waals surface area (Å²) in [7, 11) is 0. The quantitative estimate of drug-likeness (QED) is 0.820. The van der Waals surface area contributed by atoms with E-state index < -0.39 is 0 Å². The summed E-state index contributed by atoms with van der Waals surface area (Å²) in [5.41, 5.74) is 0.0709. The summed E-state index contributed by atoms with van der Waals surface area (Å²) < 4.78 is 11.8. The summed E-state index contributed by atoms with van der Waals surface area (Å²) in [4.78, 5) is 30.1. The number of hydrogen-bond acceptors (Lipinski definition) is 7. The molecule has 0 aromatic carbocycles. The zero-order valence-corrected chi connectivity index (χ0v) is 13.0. The van der Waals surface area contributed by atoms with Gasteiger partial charge in [-0.1, -0.05) is 0 Å². The third-order valence-corrected chi connectivity index (χ3v) is 4.31. The van der Waals surface area contributed by atoms with Crippen molar-refractivity contribution < 1.29 is 14.3 Å². The summed E-state index contributed by atoms with van der Waals surface area (Å²) in [6.45, 7) is 1.70. The van der Waals surface area contributed by atoms with Crippen LogP contribution < -0.4 is 4.74 Å². The zero-order chi connectivity index (χ0) is 16.4. The van der Waals surface area contributed by atoms with Crippen molar-refractivity contribution in [3.05, 3.63) is 42.7 Å². The molecular weight excluding hydrogens is 310 g/mol. The van der Waals surface area contributed by atoms with Gasteiger partial charge in [0, 0.05) is 31.4 Å². The molecule has 1 spiro atoms. The highest BCUT2D eigenvalue weighted by molar-refractivity contribution is 5.92. The van der Waals surface area contributed by atoms with Crippen LogP contribution >= 0.6 is 0 Å². The number of ether oxygens (including phenoxy) is 2. The van der Waals surface area contributed by atoms with Gasteiger partial charge in [-0.25, -0.2) is 19.9 Å². The van der Waals surface area contributed by atoms with E-state index in [9.17, 15) is 4.79 Å². The van der Waals surface area contributed by atoms with Crippen LogP contribution in [0.5, 0.6) is 6.01 Å². The highest BCUT2D eigenvalue weighted by Gasteiger charge is 2.50. The fourth-order valence-corrected chi connectivity index (χ4v) is 3.17. The second-order valence-electron chi connectivity index (χ2n) is 6.05. The number of rotatable bonds is 3. The number of nitrogens with zero attached hydrogens (tertiary/aromatic N) is 5. The standard InChI is InChI=1S/C16H17N5O3/c22-14(13-2-6-17-11-20-13)21-9-16(10-21)8-12(3-7-23-16)24-15-18-4-1-5-19-15/h1-2,4-6,11-12H,3,7-10H2/t12-/m1/s1. The average molecular weight is 327 g/mol. The third-order valence-electron chi connectivity index (χ3n) is 4.31. The lowest BCUT2D eigenvalue weighted by Crippen LogP contribution is -2.67. The molecule has 1 atom stereocenters. The topological polar surface area (TPSA) is 90.3 Å². The van der Waals surface area contributed by atoms with Crippen molar-refractivity contribution in [2.75, 3.05) is 19.7 Å². The highest BCUT2D eigenvalue weighted by Crippen LogP contribution is 2.35. The van der Waals surface area contributed by atoms with E-state index in [1.165, 1.54) is 6.33 Å². The first-order chi connectivity index (χ1) is 11.7. The van der Waals surface area contributed by atoms with Crippen molar-refractivity contribution in [2.24, 2.45) is 0 Å². The maximum absolute atomic E-state index is 12.4. The fraction of sp³-hybridized carbons (Fsp3) is 0.438. The van der Waals surface area contributed by atoms with Gasteiger partial charge in [0.2, 0.25) is 0 Å². The molecule has 0 bridgehead atoms. The van der Waals surface area contributed by atoms with Crippen molar-refractivity contribution in [2.45, 2.75) is 24.5 Å². The minimum absolute atomic E-state index is 0.00236. The molecule has 1 amide bonds. The smallest absolute Gasteiger partial charge is 0.316 e. The molecule has 0 radical (unpaired) electrons. The Morgan fingerprint density at radius 3 is 2.83 bits per heavy atom. The molecule has 24 heavy (non-hydrogen) atoms. The first-order valence-electron chi connectivity index (χ1n) is 7.87. The van der Waals surface area contributed by atoms with Crippen LogP contribution in [0.15, 0.2) is 37.1 Å². The Labute approximate surface area is 138 Å². The summed E-state index contributed by atoms with van der Waals surface area (Å²) >= 11 is 0. The van der Waals surface area contributed by atoms with E-state index >= 15 is 0 Å². The lowest BCUT2D eigenvalue weighted by Gasteiger charge is -2.52. The zero-order valence-electron chi connectivity index (χ0n) is 13.0. The lowest BCUT2D eigenvalue weighted by atomic mass is 9.84. The molecule has 2 fully saturated rings. The van der Waals surface area contributed by atoms with Gasteiger partial charge in [0.1, 0.15) is 23.7 Å². The monoisotopic (exact) mass is 327 g/mol. The van der Waals surface area contributed by atoms with Crippen molar-refractivity contribution >= 4 is 5.91 Å². The van der Waals surface area contributed by atoms with Crippen LogP contribution in [0.1, 0.15) is 23.3 Å². The van der Waals surface area contributed by atoms with Gasteiger partial charge in [-0.2, -0.15) is 0 Å². The largest absolute Gasteiger partial charge is 0.460 e. The molecule has 0 N–H and O–H groups in total. The number of likely N-dealkylation sites (tertiary alicyclic amines) is 1. The van der Waals surface area contributed by atoms with Crippen LogP contribution in [-0.2, 0) is 4.74 Å².